The van der Waals surface area contributed by atoms with Gasteiger partial charge in [-0.25, -0.2) is 9.59 Å². The zero-order valence-corrected chi connectivity index (χ0v) is 25.4. The highest BCUT2D eigenvalue weighted by atomic mass is 19.4. The lowest BCUT2D eigenvalue weighted by Gasteiger charge is -2.39. The van der Waals surface area contributed by atoms with E-state index in [1.54, 1.807) is 0 Å². The second kappa shape index (κ2) is 14.3. The fourth-order valence-corrected chi connectivity index (χ4v) is 3.99. The fourth-order valence-electron chi connectivity index (χ4n) is 3.99. The lowest BCUT2D eigenvalue weighted by atomic mass is 9.85. The average Bonchev–Trinajstić information content (AvgIpc) is 2.92. The summed E-state index contributed by atoms with van der Waals surface area (Å²) in [6, 6.07) is -2.30. The van der Waals surface area contributed by atoms with E-state index in [0.717, 1.165) is 13.8 Å². The van der Waals surface area contributed by atoms with E-state index in [9.17, 15) is 93.7 Å². The minimum absolute atomic E-state index is 0.0434. The van der Waals surface area contributed by atoms with Gasteiger partial charge in [-0.1, -0.05) is 31.7 Å². The minimum atomic E-state index is -7.11. The van der Waals surface area contributed by atoms with E-state index in [-0.39, 0.29) is 13.0 Å². The summed E-state index contributed by atoms with van der Waals surface area (Å²) in [7, 11) is 0. The fraction of sp³-hybridized carbons (Fsp3) is 0.556. The number of ether oxygens (including phenoxy) is 3. The molecule has 0 aliphatic rings. The topological polar surface area (TPSA) is 82.1 Å². The molecule has 0 aromatic heterocycles. The summed E-state index contributed by atoms with van der Waals surface area (Å²) >= 11 is 0. The van der Waals surface area contributed by atoms with Crippen molar-refractivity contribution in [2.75, 3.05) is 0 Å². The van der Waals surface area contributed by atoms with Crippen molar-refractivity contribution in [1.29, 1.82) is 0 Å². The summed E-state index contributed by atoms with van der Waals surface area (Å²) in [6.45, 7) is 4.87. The molecule has 1 N–H and O–H groups in total. The van der Waals surface area contributed by atoms with Crippen molar-refractivity contribution in [2.24, 2.45) is 0 Å². The van der Waals surface area contributed by atoms with Crippen LogP contribution in [-0.4, -0.2) is 65.8 Å². The van der Waals surface area contributed by atoms with Crippen LogP contribution in [0.2, 0.25) is 0 Å². The predicted octanol–water partition coefficient (Wildman–Crippen LogP) is 8.93. The maximum Gasteiger partial charge on any atom is 0.442 e. The van der Waals surface area contributed by atoms with Gasteiger partial charge < -0.3 is 19.3 Å². The van der Waals surface area contributed by atoms with Crippen LogP contribution in [0.4, 0.5) is 79.0 Å². The van der Waals surface area contributed by atoms with Crippen LogP contribution in [0.25, 0.3) is 0 Å². The third kappa shape index (κ3) is 8.62. The second-order valence-electron chi connectivity index (χ2n) is 10.5. The van der Waals surface area contributed by atoms with Crippen LogP contribution in [0.1, 0.15) is 44.7 Å². The lowest BCUT2D eigenvalue weighted by Crippen LogP contribution is -2.60. The van der Waals surface area contributed by atoms with E-state index in [4.69, 9.17) is 0 Å². The molecule has 1 atom stereocenters. The Hall–Kier alpha value is -3.86. The third-order valence-corrected chi connectivity index (χ3v) is 6.82. The highest BCUT2D eigenvalue weighted by Gasteiger charge is 2.77. The van der Waals surface area contributed by atoms with Gasteiger partial charge >= 0.3 is 60.2 Å². The number of halogens is 18. The number of carbonyl (C=O) groups excluding carboxylic acids is 2. The molecule has 0 saturated heterocycles. The quantitative estimate of drug-likeness (QED) is 0.105. The second-order valence-corrected chi connectivity index (χ2v) is 10.5. The van der Waals surface area contributed by atoms with E-state index in [1.165, 1.54) is 0 Å². The van der Waals surface area contributed by atoms with Crippen LogP contribution in [-0.2, 0) is 35.0 Å². The standard InChI is InChI=1S/C27H22F18O6/c1-5-16(50-17(46)12(2)3)10-19(22(28,29)30,23(31,32)33)49-11-13(4)18(47)51-21(26(40,41)42,27(43,44)45)15-8-6-7-14(9-15)20(48,24(34,35)36)25(37,38)39/h6-9,11,16,48H,2,5,10H2,1,3-4H3/b13-11+. The molecule has 1 aromatic carbocycles. The van der Waals surface area contributed by atoms with E-state index in [2.05, 4.69) is 20.8 Å². The SMILES string of the molecule is C=C(C)C(=O)OC(CC)CC(O/C=C(\C)C(=O)OC(c1cccc(C(O)(C(F)(F)F)C(F)(F)F)c1)(C(F)(F)F)C(F)(F)F)(C(F)(F)F)C(F)(F)F. The molecule has 0 spiro atoms. The molecule has 51 heavy (non-hydrogen) atoms. The van der Waals surface area contributed by atoms with Crippen LogP contribution in [0.5, 0.6) is 0 Å². The van der Waals surface area contributed by atoms with Crippen molar-refractivity contribution in [3.8, 4) is 0 Å². The van der Waals surface area contributed by atoms with Crippen LogP contribution in [0.15, 0.2) is 48.3 Å². The van der Waals surface area contributed by atoms with Gasteiger partial charge in [0.15, 0.2) is 0 Å². The number of alkyl halides is 18. The van der Waals surface area contributed by atoms with Crippen molar-refractivity contribution in [3.63, 3.8) is 0 Å². The van der Waals surface area contributed by atoms with Crippen molar-refractivity contribution >= 4 is 11.9 Å². The van der Waals surface area contributed by atoms with Crippen molar-refractivity contribution in [3.05, 3.63) is 59.4 Å². The number of benzene rings is 1. The summed E-state index contributed by atoms with van der Waals surface area (Å²) in [5.74, 6) is -4.62. The van der Waals surface area contributed by atoms with E-state index >= 15 is 0 Å². The largest absolute Gasteiger partial charge is 0.476 e. The molecule has 0 aliphatic heterocycles. The third-order valence-electron chi connectivity index (χ3n) is 6.82. The van der Waals surface area contributed by atoms with Gasteiger partial charge in [-0.15, -0.1) is 0 Å². The maximum atomic E-state index is 14.2. The summed E-state index contributed by atoms with van der Waals surface area (Å²) in [5, 5.41) is 9.49. The highest BCUT2D eigenvalue weighted by Crippen LogP contribution is 2.56. The molecular weight excluding hydrogens is 762 g/mol. The van der Waals surface area contributed by atoms with E-state index in [1.807, 2.05) is 0 Å². The number of hydrogen-bond donors (Lipinski definition) is 1. The molecule has 0 aliphatic carbocycles. The Morgan fingerprint density at radius 1 is 0.725 bits per heavy atom. The number of hydrogen-bond acceptors (Lipinski definition) is 6. The Kier molecular flexibility index (Phi) is 12.6. The van der Waals surface area contributed by atoms with Gasteiger partial charge in [0, 0.05) is 23.1 Å². The van der Waals surface area contributed by atoms with Gasteiger partial charge in [0.25, 0.3) is 5.60 Å². The molecule has 292 valence electrons. The first-order valence-corrected chi connectivity index (χ1v) is 13.2. The van der Waals surface area contributed by atoms with Crippen LogP contribution < -0.4 is 0 Å². The van der Waals surface area contributed by atoms with Gasteiger partial charge in [-0.05, 0) is 26.3 Å². The molecule has 1 aromatic rings. The van der Waals surface area contributed by atoms with Crippen LogP contribution >= 0.6 is 0 Å². The van der Waals surface area contributed by atoms with Crippen LogP contribution in [0, 0.1) is 0 Å². The number of rotatable bonds is 11. The van der Waals surface area contributed by atoms with Gasteiger partial charge in [0.1, 0.15) is 6.10 Å². The minimum Gasteiger partial charge on any atom is -0.476 e. The first-order chi connectivity index (χ1) is 22.5. The molecule has 0 fully saturated rings. The Balaban J connectivity index is 3.97. The average molecular weight is 784 g/mol. The first-order valence-electron chi connectivity index (χ1n) is 13.2. The molecule has 1 rings (SSSR count). The van der Waals surface area contributed by atoms with E-state index < -0.39 is 131 Å². The summed E-state index contributed by atoms with van der Waals surface area (Å²) in [6.07, 6.45) is -47.6. The van der Waals surface area contributed by atoms with Crippen molar-refractivity contribution in [2.45, 2.75) is 93.6 Å². The number of esters is 2. The molecular formula is C27H22F18O6. The highest BCUT2D eigenvalue weighted by molar-refractivity contribution is 5.88. The van der Waals surface area contributed by atoms with Gasteiger partial charge in [-0.3, -0.25) is 0 Å². The molecule has 0 saturated carbocycles. The molecule has 0 radical (unpaired) electrons. The molecule has 0 heterocycles. The summed E-state index contributed by atoms with van der Waals surface area (Å²) in [4.78, 5) is 24.3. The molecule has 0 bridgehead atoms. The van der Waals surface area contributed by atoms with Crippen molar-refractivity contribution < 1.29 is 108 Å². The van der Waals surface area contributed by atoms with Gasteiger partial charge in [0.2, 0.25) is 0 Å². The number of carbonyl (C=O) groups is 2. The molecule has 0 amide bonds. The Bertz CT molecular complexity index is 1420. The normalized spacial score (nSPS) is 15.3. The zero-order chi connectivity index (χ0) is 40.6. The van der Waals surface area contributed by atoms with Crippen LogP contribution in [0.3, 0.4) is 0 Å². The molecule has 24 heteroatoms. The summed E-state index contributed by atoms with van der Waals surface area (Å²) in [5.41, 5.74) is -26.0. The Labute approximate surface area is 273 Å². The monoisotopic (exact) mass is 784 g/mol. The Morgan fingerprint density at radius 2 is 1.16 bits per heavy atom. The van der Waals surface area contributed by atoms with E-state index in [0.29, 0.717) is 0 Å². The maximum absolute atomic E-state index is 14.2. The lowest BCUT2D eigenvalue weighted by molar-refractivity contribution is -0.378. The van der Waals surface area contributed by atoms with Crippen molar-refractivity contribution in [1.82, 2.24) is 0 Å². The molecule has 6 nitrogen and oxygen atoms in total. The number of aliphatic hydroxyl groups is 1. The smallest absolute Gasteiger partial charge is 0.442 e. The predicted molar refractivity (Wildman–Crippen MR) is 132 cm³/mol. The summed E-state index contributed by atoms with van der Waals surface area (Å²) < 4.78 is 261. The first kappa shape index (κ1) is 45.2. The molecule has 1 unspecified atom stereocenters. The zero-order valence-electron chi connectivity index (χ0n) is 25.4. The Morgan fingerprint density at radius 3 is 1.51 bits per heavy atom. The van der Waals surface area contributed by atoms with Gasteiger partial charge in [0.05, 0.1) is 11.8 Å². The van der Waals surface area contributed by atoms with Gasteiger partial charge in [-0.2, -0.15) is 79.0 Å².